The lowest BCUT2D eigenvalue weighted by Crippen LogP contribution is -2.31. The number of amides is 1. The van der Waals surface area contributed by atoms with E-state index in [1.54, 1.807) is 24.5 Å². The number of benzene rings is 1. The lowest BCUT2D eigenvalue weighted by molar-refractivity contribution is -0.153. The number of aryl methyl sites for hydroxylation is 2. The predicted octanol–water partition coefficient (Wildman–Crippen LogP) is 3.95. The maximum Gasteiger partial charge on any atom is 0.344 e. The zero-order chi connectivity index (χ0) is 20.2. The quantitative estimate of drug-likeness (QED) is 0.549. The summed E-state index contributed by atoms with van der Waals surface area (Å²) in [6.45, 7) is -0.0363. The second-order valence-electron chi connectivity index (χ2n) is 7.15. The van der Waals surface area contributed by atoms with E-state index in [4.69, 9.17) is 13.9 Å². The summed E-state index contributed by atoms with van der Waals surface area (Å²) in [5.74, 6) is 0.827. The molecule has 0 saturated heterocycles. The molecular weight excluding hydrogens is 390 g/mol. The number of hydrogen-bond donors (Lipinski definition) is 0. The third-order valence-electron chi connectivity index (χ3n) is 5.04. The van der Waals surface area contributed by atoms with E-state index in [1.165, 1.54) is 10.5 Å². The minimum absolute atomic E-state index is 0.243. The molecule has 0 bridgehead atoms. The number of carbonyl (C=O) groups excluding carboxylic acids is 2. The molecule has 0 unspecified atom stereocenters. The fourth-order valence-electron chi connectivity index (χ4n) is 3.49. The average Bonchev–Trinajstić information content (AvgIpc) is 3.37. The molecule has 2 aromatic heterocycles. The van der Waals surface area contributed by atoms with Crippen LogP contribution >= 0.6 is 11.3 Å². The number of fused-ring (bicyclic) bond motifs is 3. The molecular formula is C22H23NO5S. The number of rotatable bonds is 7. The summed E-state index contributed by atoms with van der Waals surface area (Å²) in [7, 11) is 1.69. The number of likely N-dealkylation sites (N-methyl/N-ethyl adjacent to an activating group) is 1. The highest BCUT2D eigenvalue weighted by Gasteiger charge is 2.18. The Morgan fingerprint density at radius 1 is 1.17 bits per heavy atom. The molecule has 0 fully saturated rings. The van der Waals surface area contributed by atoms with Crippen LogP contribution in [0.25, 0.3) is 11.0 Å². The van der Waals surface area contributed by atoms with Crippen molar-refractivity contribution < 1.29 is 23.5 Å². The molecule has 0 saturated carbocycles. The van der Waals surface area contributed by atoms with Crippen molar-refractivity contribution >= 4 is 34.2 Å². The number of esters is 1. The molecule has 2 heterocycles. The number of thiophene rings is 1. The third-order valence-corrected chi connectivity index (χ3v) is 5.90. The molecule has 1 amide bonds. The van der Waals surface area contributed by atoms with Gasteiger partial charge in [0, 0.05) is 29.3 Å². The highest BCUT2D eigenvalue weighted by molar-refractivity contribution is 7.09. The van der Waals surface area contributed by atoms with Crippen LogP contribution in [0.2, 0.25) is 0 Å². The molecule has 7 heteroatoms. The number of nitrogens with zero attached hydrogens (tertiary/aromatic N) is 1. The van der Waals surface area contributed by atoms with E-state index in [2.05, 4.69) is 0 Å². The van der Waals surface area contributed by atoms with Crippen molar-refractivity contribution in [3.8, 4) is 5.75 Å². The predicted molar refractivity (Wildman–Crippen MR) is 110 cm³/mol. The van der Waals surface area contributed by atoms with Crippen LogP contribution in [0.4, 0.5) is 0 Å². The summed E-state index contributed by atoms with van der Waals surface area (Å²) >= 11 is 1.58. The second kappa shape index (κ2) is 8.69. The van der Waals surface area contributed by atoms with Gasteiger partial charge in [0.25, 0.3) is 5.91 Å². The summed E-state index contributed by atoms with van der Waals surface area (Å²) in [4.78, 5) is 26.7. The molecule has 1 aliphatic carbocycles. The molecule has 4 rings (SSSR count). The third kappa shape index (κ3) is 4.62. The Morgan fingerprint density at radius 3 is 2.86 bits per heavy atom. The van der Waals surface area contributed by atoms with Crippen LogP contribution in [0.15, 0.2) is 40.1 Å². The fourth-order valence-corrected chi connectivity index (χ4v) is 4.25. The summed E-state index contributed by atoms with van der Waals surface area (Å²) in [6, 6.07) is 9.47. The fraction of sp³-hybridized carbons (Fsp3) is 0.364. The van der Waals surface area contributed by atoms with Crippen LogP contribution in [0, 0.1) is 0 Å². The van der Waals surface area contributed by atoms with Gasteiger partial charge in [0.2, 0.25) is 0 Å². The minimum atomic E-state index is -0.572. The van der Waals surface area contributed by atoms with Gasteiger partial charge in [0.05, 0.1) is 6.54 Å². The van der Waals surface area contributed by atoms with Crippen molar-refractivity contribution in [1.82, 2.24) is 4.90 Å². The van der Waals surface area contributed by atoms with E-state index in [-0.39, 0.29) is 19.1 Å². The normalized spacial score (nSPS) is 13.1. The van der Waals surface area contributed by atoms with Crippen molar-refractivity contribution in [2.45, 2.75) is 32.2 Å². The Hall–Kier alpha value is -2.80. The summed E-state index contributed by atoms with van der Waals surface area (Å²) < 4.78 is 16.5. The molecule has 0 radical (unpaired) electrons. The number of carbonyl (C=O) groups is 2. The Kier molecular flexibility index (Phi) is 5.85. The summed E-state index contributed by atoms with van der Waals surface area (Å²) in [5, 5.41) is 3.01. The van der Waals surface area contributed by atoms with E-state index in [0.717, 1.165) is 47.3 Å². The Morgan fingerprint density at radius 2 is 2.03 bits per heavy atom. The van der Waals surface area contributed by atoms with E-state index in [1.807, 2.05) is 29.6 Å². The SMILES string of the molecule is CN(Cc1cccs1)C(=O)COC(=O)COc1ccc2oc3c(c2c1)CCCC3. The Balaban J connectivity index is 1.27. The van der Waals surface area contributed by atoms with Crippen LogP contribution in [0.3, 0.4) is 0 Å². The van der Waals surface area contributed by atoms with Crippen molar-refractivity contribution in [2.75, 3.05) is 20.3 Å². The average molecular weight is 413 g/mol. The van der Waals surface area contributed by atoms with Gasteiger partial charge >= 0.3 is 5.97 Å². The summed E-state index contributed by atoms with van der Waals surface area (Å²) in [6.07, 6.45) is 4.30. The standard InChI is InChI=1S/C22H23NO5S/c1-23(12-16-5-4-10-29-16)21(24)13-27-22(25)14-26-15-8-9-20-18(11-15)17-6-2-3-7-19(17)28-20/h4-5,8-11H,2-3,6-7,12-14H2,1H3. The van der Waals surface area contributed by atoms with E-state index < -0.39 is 5.97 Å². The highest BCUT2D eigenvalue weighted by atomic mass is 32.1. The molecule has 3 aromatic rings. The van der Waals surface area contributed by atoms with Gasteiger partial charge in [0.15, 0.2) is 13.2 Å². The molecule has 0 aliphatic heterocycles. The van der Waals surface area contributed by atoms with Crippen LogP contribution < -0.4 is 4.74 Å². The van der Waals surface area contributed by atoms with E-state index in [0.29, 0.717) is 12.3 Å². The first-order valence-electron chi connectivity index (χ1n) is 9.69. The zero-order valence-corrected chi connectivity index (χ0v) is 17.1. The lowest BCUT2D eigenvalue weighted by Gasteiger charge is -2.16. The Bertz CT molecular complexity index is 1010. The van der Waals surface area contributed by atoms with Crippen LogP contribution in [-0.2, 0) is 33.7 Å². The summed E-state index contributed by atoms with van der Waals surface area (Å²) in [5.41, 5.74) is 2.10. The molecule has 1 aliphatic rings. The number of furan rings is 1. The van der Waals surface area contributed by atoms with Crippen LogP contribution in [0.1, 0.15) is 29.0 Å². The first-order valence-corrected chi connectivity index (χ1v) is 10.6. The van der Waals surface area contributed by atoms with Gasteiger partial charge in [-0.1, -0.05) is 6.07 Å². The molecule has 0 spiro atoms. The van der Waals surface area contributed by atoms with Crippen molar-refractivity contribution in [2.24, 2.45) is 0 Å². The van der Waals surface area contributed by atoms with Gasteiger partial charge in [-0.05, 0) is 48.9 Å². The zero-order valence-electron chi connectivity index (χ0n) is 16.3. The molecule has 29 heavy (non-hydrogen) atoms. The monoisotopic (exact) mass is 413 g/mol. The molecule has 0 N–H and O–H groups in total. The van der Waals surface area contributed by atoms with Gasteiger partial charge < -0.3 is 18.8 Å². The van der Waals surface area contributed by atoms with Gasteiger partial charge in [-0.25, -0.2) is 4.79 Å². The van der Waals surface area contributed by atoms with E-state index in [9.17, 15) is 9.59 Å². The molecule has 6 nitrogen and oxygen atoms in total. The minimum Gasteiger partial charge on any atom is -0.482 e. The molecule has 152 valence electrons. The van der Waals surface area contributed by atoms with Gasteiger partial charge in [-0.2, -0.15) is 0 Å². The van der Waals surface area contributed by atoms with Crippen molar-refractivity contribution in [3.05, 3.63) is 51.9 Å². The van der Waals surface area contributed by atoms with Crippen LogP contribution in [0.5, 0.6) is 5.75 Å². The largest absolute Gasteiger partial charge is 0.482 e. The molecule has 0 atom stereocenters. The topological polar surface area (TPSA) is 69.0 Å². The van der Waals surface area contributed by atoms with Crippen molar-refractivity contribution in [3.63, 3.8) is 0 Å². The van der Waals surface area contributed by atoms with Gasteiger partial charge in [-0.15, -0.1) is 11.3 Å². The van der Waals surface area contributed by atoms with E-state index >= 15 is 0 Å². The number of hydrogen-bond acceptors (Lipinski definition) is 6. The maximum absolute atomic E-state index is 12.1. The Labute approximate surface area is 173 Å². The smallest absolute Gasteiger partial charge is 0.344 e. The second-order valence-corrected chi connectivity index (χ2v) is 8.18. The van der Waals surface area contributed by atoms with Crippen molar-refractivity contribution in [1.29, 1.82) is 0 Å². The van der Waals surface area contributed by atoms with Gasteiger partial charge in [-0.3, -0.25) is 4.79 Å². The lowest BCUT2D eigenvalue weighted by atomic mass is 9.96. The molecule has 1 aromatic carbocycles. The van der Waals surface area contributed by atoms with Crippen LogP contribution in [-0.4, -0.2) is 37.0 Å². The van der Waals surface area contributed by atoms with Gasteiger partial charge in [0.1, 0.15) is 17.1 Å². The maximum atomic E-state index is 12.1. The first kappa shape index (κ1) is 19.5. The number of ether oxygens (including phenoxy) is 2. The highest BCUT2D eigenvalue weighted by Crippen LogP contribution is 2.33. The first-order chi connectivity index (χ1) is 14.1.